The van der Waals surface area contributed by atoms with Gasteiger partial charge < -0.3 is 9.94 Å². The first-order valence-electron chi connectivity index (χ1n) is 3.97. The van der Waals surface area contributed by atoms with Crippen LogP contribution >= 0.6 is 0 Å². The Bertz CT molecular complexity index is 309. The maximum atomic E-state index is 11.2. The smallest absolute Gasteiger partial charge is 0.224 e. The SMILES string of the molecule is CC1(C)OC1c1cccc[n+]1[O-]. The van der Waals surface area contributed by atoms with Crippen molar-refractivity contribution in [2.75, 3.05) is 0 Å². The van der Waals surface area contributed by atoms with E-state index < -0.39 is 0 Å². The topological polar surface area (TPSA) is 39.5 Å². The van der Waals surface area contributed by atoms with Crippen LogP contribution in [-0.2, 0) is 4.74 Å². The monoisotopic (exact) mass is 165 g/mol. The summed E-state index contributed by atoms with van der Waals surface area (Å²) in [5.74, 6) is 0. The minimum absolute atomic E-state index is 0.0313. The lowest BCUT2D eigenvalue weighted by molar-refractivity contribution is -0.615. The van der Waals surface area contributed by atoms with Crippen LogP contribution in [-0.4, -0.2) is 5.60 Å². The predicted molar refractivity (Wildman–Crippen MR) is 43.3 cm³/mol. The zero-order valence-corrected chi connectivity index (χ0v) is 7.15. The quantitative estimate of drug-likeness (QED) is 0.356. The minimum atomic E-state index is -0.159. The molecular weight excluding hydrogens is 154 g/mol. The number of rotatable bonds is 1. The standard InChI is InChI=1S/C9H11NO2/c1-9(2)8(12-9)7-5-3-4-6-10(7)11/h3-6,8H,1-2H3. The molecule has 0 bridgehead atoms. The highest BCUT2D eigenvalue weighted by Gasteiger charge is 2.53. The van der Waals surface area contributed by atoms with E-state index in [1.54, 1.807) is 12.1 Å². The molecule has 2 rings (SSSR count). The molecule has 3 nitrogen and oxygen atoms in total. The van der Waals surface area contributed by atoms with Crippen molar-refractivity contribution in [1.82, 2.24) is 0 Å². The van der Waals surface area contributed by atoms with Gasteiger partial charge in [0, 0.05) is 12.1 Å². The lowest BCUT2D eigenvalue weighted by Crippen LogP contribution is -2.31. The molecule has 1 aromatic heterocycles. The third-order valence-electron chi connectivity index (χ3n) is 2.12. The molecule has 1 aliphatic rings. The Kier molecular flexibility index (Phi) is 1.38. The van der Waals surface area contributed by atoms with Crippen molar-refractivity contribution in [3.05, 3.63) is 35.3 Å². The second-order valence-corrected chi connectivity index (χ2v) is 3.55. The molecule has 1 aliphatic heterocycles. The average molecular weight is 165 g/mol. The Balaban J connectivity index is 2.31. The molecule has 1 aromatic rings. The number of hydrogen-bond acceptors (Lipinski definition) is 2. The fourth-order valence-corrected chi connectivity index (χ4v) is 1.33. The predicted octanol–water partition coefficient (Wildman–Crippen LogP) is 1.17. The van der Waals surface area contributed by atoms with Crippen LogP contribution < -0.4 is 4.73 Å². The van der Waals surface area contributed by atoms with Gasteiger partial charge in [0.25, 0.3) is 0 Å². The molecule has 0 spiro atoms. The van der Waals surface area contributed by atoms with Gasteiger partial charge in [0.1, 0.15) is 5.60 Å². The number of pyridine rings is 1. The van der Waals surface area contributed by atoms with Gasteiger partial charge >= 0.3 is 0 Å². The van der Waals surface area contributed by atoms with E-state index in [-0.39, 0.29) is 11.7 Å². The van der Waals surface area contributed by atoms with Crippen molar-refractivity contribution in [3.63, 3.8) is 0 Å². The van der Waals surface area contributed by atoms with Crippen molar-refractivity contribution in [2.45, 2.75) is 25.6 Å². The van der Waals surface area contributed by atoms with E-state index >= 15 is 0 Å². The van der Waals surface area contributed by atoms with Crippen LogP contribution in [0.1, 0.15) is 25.6 Å². The molecule has 1 saturated heterocycles. The summed E-state index contributed by atoms with van der Waals surface area (Å²) in [6.07, 6.45) is 1.46. The normalized spacial score (nSPS) is 25.3. The number of ether oxygens (including phenoxy) is 1. The first-order chi connectivity index (χ1) is 5.61. The molecule has 0 aromatic carbocycles. The van der Waals surface area contributed by atoms with E-state index in [1.807, 2.05) is 19.9 Å². The van der Waals surface area contributed by atoms with Crippen molar-refractivity contribution in [1.29, 1.82) is 0 Å². The first kappa shape index (κ1) is 7.55. The van der Waals surface area contributed by atoms with E-state index in [9.17, 15) is 5.21 Å². The molecule has 64 valence electrons. The third-order valence-corrected chi connectivity index (χ3v) is 2.12. The second kappa shape index (κ2) is 2.20. The highest BCUT2D eigenvalue weighted by molar-refractivity contribution is 5.12. The van der Waals surface area contributed by atoms with E-state index in [2.05, 4.69) is 0 Å². The molecule has 2 heterocycles. The zero-order chi connectivity index (χ0) is 8.77. The highest BCUT2D eigenvalue weighted by Crippen LogP contribution is 2.47. The van der Waals surface area contributed by atoms with Gasteiger partial charge in [0.2, 0.25) is 5.69 Å². The van der Waals surface area contributed by atoms with Crippen LogP contribution in [0.4, 0.5) is 0 Å². The Morgan fingerprint density at radius 2 is 2.17 bits per heavy atom. The minimum Gasteiger partial charge on any atom is -0.618 e. The Morgan fingerprint density at radius 3 is 2.67 bits per heavy atom. The molecule has 1 unspecified atom stereocenters. The summed E-state index contributed by atoms with van der Waals surface area (Å²) in [6, 6.07) is 5.36. The molecule has 1 fully saturated rings. The molecule has 3 heteroatoms. The van der Waals surface area contributed by atoms with Crippen LogP contribution in [0, 0.1) is 5.21 Å². The van der Waals surface area contributed by atoms with Crippen molar-refractivity contribution >= 4 is 0 Å². The van der Waals surface area contributed by atoms with Crippen molar-refractivity contribution in [2.24, 2.45) is 0 Å². The number of aromatic nitrogens is 1. The highest BCUT2D eigenvalue weighted by atomic mass is 16.6. The van der Waals surface area contributed by atoms with Gasteiger partial charge in [-0.05, 0) is 19.9 Å². The summed E-state index contributed by atoms with van der Waals surface area (Å²) in [5.41, 5.74) is 0.538. The van der Waals surface area contributed by atoms with Crippen molar-refractivity contribution < 1.29 is 9.47 Å². The summed E-state index contributed by atoms with van der Waals surface area (Å²) in [5, 5.41) is 11.2. The van der Waals surface area contributed by atoms with Gasteiger partial charge in [-0.15, -0.1) is 0 Å². The summed E-state index contributed by atoms with van der Waals surface area (Å²) in [7, 11) is 0. The van der Waals surface area contributed by atoms with Crippen LogP contribution in [0.5, 0.6) is 0 Å². The molecule has 0 N–H and O–H groups in total. The summed E-state index contributed by atoms with van der Waals surface area (Å²) < 4.78 is 6.21. The number of nitrogens with zero attached hydrogens (tertiary/aromatic N) is 1. The van der Waals surface area contributed by atoms with Crippen LogP contribution in [0.2, 0.25) is 0 Å². The van der Waals surface area contributed by atoms with Crippen molar-refractivity contribution in [3.8, 4) is 0 Å². The molecule has 12 heavy (non-hydrogen) atoms. The van der Waals surface area contributed by atoms with E-state index in [1.165, 1.54) is 6.20 Å². The van der Waals surface area contributed by atoms with Crippen LogP contribution in [0.3, 0.4) is 0 Å². The molecule has 0 saturated carbocycles. The fraction of sp³-hybridized carbons (Fsp3) is 0.444. The van der Waals surface area contributed by atoms with Gasteiger partial charge in [0.05, 0.1) is 0 Å². The summed E-state index contributed by atoms with van der Waals surface area (Å²) in [4.78, 5) is 0. The lowest BCUT2D eigenvalue weighted by atomic mass is 10.1. The van der Waals surface area contributed by atoms with Gasteiger partial charge in [-0.2, -0.15) is 4.73 Å². The Hall–Kier alpha value is -1.09. The molecule has 0 radical (unpaired) electrons. The summed E-state index contributed by atoms with van der Waals surface area (Å²) >= 11 is 0. The summed E-state index contributed by atoms with van der Waals surface area (Å²) in [6.45, 7) is 3.95. The Labute approximate surface area is 71.2 Å². The Morgan fingerprint density at radius 1 is 1.50 bits per heavy atom. The molecular formula is C9H11NO2. The average Bonchev–Trinajstić information content (AvgIpc) is 2.61. The first-order valence-corrected chi connectivity index (χ1v) is 3.97. The van der Waals surface area contributed by atoms with Gasteiger partial charge in [-0.25, -0.2) is 0 Å². The largest absolute Gasteiger partial charge is 0.618 e. The third kappa shape index (κ3) is 1.06. The zero-order valence-electron chi connectivity index (χ0n) is 7.15. The second-order valence-electron chi connectivity index (χ2n) is 3.55. The van der Waals surface area contributed by atoms with Crippen LogP contribution in [0.15, 0.2) is 24.4 Å². The maximum absolute atomic E-state index is 11.2. The maximum Gasteiger partial charge on any atom is 0.224 e. The number of hydrogen-bond donors (Lipinski definition) is 0. The van der Waals surface area contributed by atoms with E-state index in [4.69, 9.17) is 4.74 Å². The molecule has 0 amide bonds. The molecule has 0 aliphatic carbocycles. The molecule has 1 atom stereocenters. The van der Waals surface area contributed by atoms with E-state index in [0.29, 0.717) is 5.69 Å². The fourth-order valence-electron chi connectivity index (χ4n) is 1.33. The van der Waals surface area contributed by atoms with Gasteiger partial charge in [-0.3, -0.25) is 0 Å². The van der Waals surface area contributed by atoms with Crippen LogP contribution in [0.25, 0.3) is 0 Å². The van der Waals surface area contributed by atoms with Gasteiger partial charge in [0.15, 0.2) is 12.3 Å². The number of epoxide rings is 1. The van der Waals surface area contributed by atoms with Gasteiger partial charge in [-0.1, -0.05) is 0 Å². The van der Waals surface area contributed by atoms with E-state index in [0.717, 1.165) is 4.73 Å². The lowest BCUT2D eigenvalue weighted by Gasteiger charge is -2.00.